The minimum atomic E-state index is -4.85. The van der Waals surface area contributed by atoms with E-state index in [-0.39, 0.29) is 34.1 Å². The number of thiazole rings is 1. The number of phenolic OH excluding ortho intramolecular Hbond substituents is 1. The van der Waals surface area contributed by atoms with Crippen LogP contribution in [0.1, 0.15) is 36.9 Å². The van der Waals surface area contributed by atoms with Crippen LogP contribution >= 0.6 is 22.9 Å². The second-order valence-electron chi connectivity index (χ2n) is 7.23. The van der Waals surface area contributed by atoms with Gasteiger partial charge in [0.05, 0.1) is 22.6 Å². The number of Topliss-reactive ketones (excluding diaryl/α,β-unsaturated/α-hetero) is 1. The molecule has 0 atom stereocenters. The number of methoxy groups -OCH3 is 1. The average Bonchev–Trinajstić information content (AvgIpc) is 3.18. The number of anilines is 1. The van der Waals surface area contributed by atoms with Crippen LogP contribution in [0.25, 0.3) is 6.08 Å². The van der Waals surface area contributed by atoms with Crippen molar-refractivity contribution >= 4 is 51.8 Å². The van der Waals surface area contributed by atoms with Gasteiger partial charge in [-0.2, -0.15) is 13.2 Å². The third kappa shape index (κ3) is 6.40. The van der Waals surface area contributed by atoms with E-state index in [9.17, 15) is 32.7 Å². The number of carbonyl (C=O) groups excluding carboxylic acids is 3. The number of ether oxygens (including phenoxy) is 1. The first-order valence-corrected chi connectivity index (χ1v) is 11.1. The Bertz CT molecular complexity index is 1370. The molecule has 0 bridgehead atoms. The molecule has 0 saturated heterocycles. The number of nitrogen functional groups attached to an aromatic ring is 1. The molecule has 2 aromatic carbocycles. The first-order valence-electron chi connectivity index (χ1n) is 9.94. The number of hydrogen-bond acceptors (Lipinski definition) is 8. The molecule has 13 heteroatoms. The van der Waals surface area contributed by atoms with Crippen molar-refractivity contribution in [1.29, 1.82) is 0 Å². The van der Waals surface area contributed by atoms with Gasteiger partial charge in [0, 0.05) is 12.0 Å². The summed E-state index contributed by atoms with van der Waals surface area (Å²) in [5.74, 6) is -2.40. The van der Waals surface area contributed by atoms with Gasteiger partial charge in [-0.05, 0) is 35.9 Å². The normalized spacial score (nSPS) is 11.8. The van der Waals surface area contributed by atoms with Gasteiger partial charge in [0.1, 0.15) is 11.4 Å². The zero-order valence-electron chi connectivity index (χ0n) is 18.4. The summed E-state index contributed by atoms with van der Waals surface area (Å²) >= 11 is 6.64. The molecule has 3 rings (SSSR count). The number of phenols is 1. The number of aromatic nitrogens is 1. The van der Waals surface area contributed by atoms with E-state index in [1.165, 1.54) is 30.3 Å². The van der Waals surface area contributed by atoms with Crippen LogP contribution < -0.4 is 11.1 Å². The van der Waals surface area contributed by atoms with Crippen molar-refractivity contribution in [3.05, 3.63) is 80.4 Å². The number of halogens is 4. The summed E-state index contributed by atoms with van der Waals surface area (Å²) in [4.78, 5) is 40.2. The molecule has 3 aromatic rings. The van der Waals surface area contributed by atoms with Crippen molar-refractivity contribution in [2.75, 3.05) is 12.8 Å². The maximum atomic E-state index is 13.2. The summed E-state index contributed by atoms with van der Waals surface area (Å²) in [7, 11) is 0.980. The molecule has 1 amide bonds. The van der Waals surface area contributed by atoms with E-state index < -0.39 is 39.5 Å². The third-order valence-electron chi connectivity index (χ3n) is 4.68. The Morgan fingerprint density at radius 3 is 2.56 bits per heavy atom. The number of carbonyl (C=O) groups is 3. The van der Waals surface area contributed by atoms with Gasteiger partial charge in [0.15, 0.2) is 16.6 Å². The van der Waals surface area contributed by atoms with Crippen LogP contribution in [-0.4, -0.2) is 34.9 Å². The van der Waals surface area contributed by atoms with Gasteiger partial charge in [-0.3, -0.25) is 9.59 Å². The van der Waals surface area contributed by atoms with Crippen LogP contribution in [0.3, 0.4) is 0 Å². The average molecular weight is 540 g/mol. The van der Waals surface area contributed by atoms with Crippen LogP contribution in [0, 0.1) is 0 Å². The monoisotopic (exact) mass is 539 g/mol. The molecule has 0 aliphatic heterocycles. The van der Waals surface area contributed by atoms with E-state index in [1.54, 1.807) is 12.1 Å². The highest BCUT2D eigenvalue weighted by Crippen LogP contribution is 2.36. The van der Waals surface area contributed by atoms with Crippen LogP contribution in [0.4, 0.5) is 18.3 Å². The summed E-state index contributed by atoms with van der Waals surface area (Å²) in [6.07, 6.45) is -4.14. The van der Waals surface area contributed by atoms with Crippen LogP contribution in [0.5, 0.6) is 5.75 Å². The fourth-order valence-corrected chi connectivity index (χ4v) is 4.12. The highest BCUT2D eigenvalue weighted by Gasteiger charge is 2.37. The number of rotatable bonds is 7. The zero-order valence-corrected chi connectivity index (χ0v) is 19.9. The summed E-state index contributed by atoms with van der Waals surface area (Å²) in [5, 5.41) is 11.2. The molecule has 1 heterocycles. The van der Waals surface area contributed by atoms with E-state index in [1.807, 2.05) is 0 Å². The van der Waals surface area contributed by atoms with Crippen molar-refractivity contribution in [1.82, 2.24) is 10.3 Å². The number of nitrogens with two attached hydrogens (primary N) is 1. The third-order valence-corrected chi connectivity index (χ3v) is 5.82. The first kappa shape index (κ1) is 26.7. The second-order valence-corrected chi connectivity index (χ2v) is 8.70. The van der Waals surface area contributed by atoms with Gasteiger partial charge in [-0.1, -0.05) is 41.1 Å². The predicted molar refractivity (Wildman–Crippen MR) is 127 cm³/mol. The molecule has 8 nitrogen and oxygen atoms in total. The maximum Gasteiger partial charge on any atom is 0.434 e. The summed E-state index contributed by atoms with van der Waals surface area (Å²) in [6.45, 7) is 0. The Hall–Kier alpha value is -3.90. The highest BCUT2D eigenvalue weighted by atomic mass is 35.5. The van der Waals surface area contributed by atoms with Crippen LogP contribution in [0.15, 0.2) is 48.2 Å². The number of ketones is 1. The fourth-order valence-electron chi connectivity index (χ4n) is 3.05. The lowest BCUT2D eigenvalue weighted by Gasteiger charge is -2.11. The summed E-state index contributed by atoms with van der Waals surface area (Å²) < 4.78 is 44.3. The predicted octanol–water partition coefficient (Wildman–Crippen LogP) is 4.47. The zero-order chi connectivity index (χ0) is 26.6. The van der Waals surface area contributed by atoms with Gasteiger partial charge in [0.2, 0.25) is 0 Å². The number of hydrogen-bond donors (Lipinski definition) is 3. The molecule has 0 saturated carbocycles. The number of nitrogens with one attached hydrogen (secondary N) is 1. The van der Waals surface area contributed by atoms with Crippen LogP contribution in [0.2, 0.25) is 5.02 Å². The molecular formula is C23H17ClF3N3O5S. The lowest BCUT2D eigenvalue weighted by Crippen LogP contribution is -2.28. The fraction of sp³-hybridized carbons (Fsp3) is 0.130. The molecule has 0 radical (unpaired) electrons. The van der Waals surface area contributed by atoms with Gasteiger partial charge in [-0.15, -0.1) is 0 Å². The SMILES string of the molecule is COC(=O)/C(=C/c1sc(N)nc1C(F)(F)F)NC(=O)c1ccc(C(=O)Cc2cccc(O)c2)cc1Cl. The van der Waals surface area contributed by atoms with Crippen LogP contribution in [-0.2, 0) is 22.1 Å². The Kier molecular flexibility index (Phi) is 8.00. The molecular weight excluding hydrogens is 523 g/mol. The summed E-state index contributed by atoms with van der Waals surface area (Å²) in [5.41, 5.74) is 4.03. The molecule has 1 aromatic heterocycles. The van der Waals surface area contributed by atoms with Crippen molar-refractivity contribution in [2.45, 2.75) is 12.6 Å². The first-order chi connectivity index (χ1) is 16.9. The number of benzene rings is 2. The topological polar surface area (TPSA) is 132 Å². The summed E-state index contributed by atoms with van der Waals surface area (Å²) in [6, 6.07) is 9.94. The van der Waals surface area contributed by atoms with Crippen molar-refractivity contribution in [3.8, 4) is 5.75 Å². The van der Waals surface area contributed by atoms with E-state index in [0.29, 0.717) is 16.9 Å². The molecule has 0 spiro atoms. The Morgan fingerprint density at radius 1 is 1.22 bits per heavy atom. The molecule has 4 N–H and O–H groups in total. The van der Waals surface area contributed by atoms with E-state index >= 15 is 0 Å². The highest BCUT2D eigenvalue weighted by molar-refractivity contribution is 7.16. The molecule has 0 fully saturated rings. The molecule has 0 unspecified atom stereocenters. The van der Waals surface area contributed by atoms with Gasteiger partial charge in [0.25, 0.3) is 5.91 Å². The second kappa shape index (κ2) is 10.8. The maximum absolute atomic E-state index is 13.2. The molecule has 0 aliphatic carbocycles. The number of alkyl halides is 3. The minimum absolute atomic E-state index is 0.00295. The Labute approximate surface area is 211 Å². The van der Waals surface area contributed by atoms with Crippen molar-refractivity contribution in [2.24, 2.45) is 0 Å². The quantitative estimate of drug-likeness (QED) is 0.229. The van der Waals surface area contributed by atoms with E-state index in [2.05, 4.69) is 15.0 Å². The lowest BCUT2D eigenvalue weighted by atomic mass is 10.0. The molecule has 36 heavy (non-hydrogen) atoms. The number of aromatic hydroxyl groups is 1. The van der Waals surface area contributed by atoms with E-state index in [4.69, 9.17) is 17.3 Å². The molecule has 0 aliphatic rings. The lowest BCUT2D eigenvalue weighted by molar-refractivity contribution is -0.141. The number of esters is 1. The van der Waals surface area contributed by atoms with Crippen molar-refractivity contribution < 1.29 is 37.4 Å². The van der Waals surface area contributed by atoms with E-state index in [0.717, 1.165) is 13.2 Å². The minimum Gasteiger partial charge on any atom is -0.508 e. The molecule has 188 valence electrons. The van der Waals surface area contributed by atoms with Gasteiger partial charge >= 0.3 is 12.1 Å². The van der Waals surface area contributed by atoms with Gasteiger partial charge < -0.3 is 20.9 Å². The number of nitrogens with zero attached hydrogens (tertiary/aromatic N) is 1. The Balaban J connectivity index is 1.85. The van der Waals surface area contributed by atoms with Crippen molar-refractivity contribution in [3.63, 3.8) is 0 Å². The Morgan fingerprint density at radius 2 is 1.94 bits per heavy atom. The smallest absolute Gasteiger partial charge is 0.434 e. The standard InChI is InChI=1S/C23H17ClF3N3O5S/c1-35-21(34)16(10-18-19(23(25,26)27)30-22(28)36-18)29-20(33)14-6-5-12(9-15(14)24)17(32)8-11-3-2-4-13(31)7-11/h2-7,9-10,31H,8H2,1H3,(H2,28,30)(H,29,33)/b16-10-. The van der Waals surface area contributed by atoms with Gasteiger partial charge in [-0.25, -0.2) is 9.78 Å². The largest absolute Gasteiger partial charge is 0.508 e. The number of amides is 1.